The van der Waals surface area contributed by atoms with Crippen molar-refractivity contribution in [2.24, 2.45) is 5.41 Å². The van der Waals surface area contributed by atoms with Crippen LogP contribution < -0.4 is 4.74 Å². The second kappa shape index (κ2) is 10.3. The smallest absolute Gasteiger partial charge is 0.119 e. The van der Waals surface area contributed by atoms with Crippen LogP contribution in [0, 0.1) is 5.41 Å². The van der Waals surface area contributed by atoms with Crippen LogP contribution in [0.5, 0.6) is 5.75 Å². The van der Waals surface area contributed by atoms with Gasteiger partial charge in [-0.25, -0.2) is 0 Å². The molecule has 5 atom stereocenters. The number of hydrogen-bond acceptors (Lipinski definition) is 7. The zero-order valence-corrected chi connectivity index (χ0v) is 20.3. The molecule has 2 aromatic carbocycles. The molecule has 8 heteroatoms. The number of halogens is 1. The molecule has 2 saturated heterocycles. The molecule has 35 heavy (non-hydrogen) atoms. The van der Waals surface area contributed by atoms with Gasteiger partial charge in [0.25, 0.3) is 0 Å². The maximum Gasteiger partial charge on any atom is 0.119 e. The first-order valence-corrected chi connectivity index (χ1v) is 12.7. The summed E-state index contributed by atoms with van der Waals surface area (Å²) in [4.78, 5) is 0. The van der Waals surface area contributed by atoms with Gasteiger partial charge in [0.15, 0.2) is 0 Å². The van der Waals surface area contributed by atoms with Crippen LogP contribution in [0.25, 0.3) is 0 Å². The van der Waals surface area contributed by atoms with E-state index in [1.54, 1.807) is 12.1 Å². The first-order chi connectivity index (χ1) is 16.9. The average Bonchev–Trinajstić information content (AvgIpc) is 2.85. The summed E-state index contributed by atoms with van der Waals surface area (Å²) in [6.07, 6.45) is -0.692. The lowest BCUT2D eigenvalue weighted by atomic mass is 9.62. The van der Waals surface area contributed by atoms with Crippen molar-refractivity contribution in [3.63, 3.8) is 0 Å². The molecule has 3 aliphatic rings. The lowest BCUT2D eigenvalue weighted by Gasteiger charge is -2.49. The molecule has 0 amide bonds. The Labute approximate surface area is 210 Å². The summed E-state index contributed by atoms with van der Waals surface area (Å²) >= 11 is 6.46. The molecule has 5 rings (SSSR count). The van der Waals surface area contributed by atoms with E-state index in [4.69, 9.17) is 25.8 Å². The van der Waals surface area contributed by atoms with Crippen molar-refractivity contribution in [1.29, 1.82) is 0 Å². The fraction of sp³-hybridized carbons (Fsp3) is 0.556. The van der Waals surface area contributed by atoms with E-state index in [-0.39, 0.29) is 6.10 Å². The molecule has 0 radical (unpaired) electrons. The van der Waals surface area contributed by atoms with Crippen molar-refractivity contribution in [2.75, 3.05) is 19.8 Å². The van der Waals surface area contributed by atoms with Crippen LogP contribution >= 0.6 is 11.6 Å². The van der Waals surface area contributed by atoms with Gasteiger partial charge in [0, 0.05) is 18.2 Å². The normalized spacial score (nSPS) is 30.7. The standard InChI is InChI=1S/C27H33ClO7/c28-21-6-3-17(26-25(32)24(31)23(30)22(15-29)35-26)12-18(21)11-16-1-4-19(5-2-16)34-20-13-27(14-20)7-9-33-10-8-27/h1-6,12,20,22-26,29-32H,7-11,13-15H2/t22-,23-,24+,25-,26-/m1/s1. The highest BCUT2D eigenvalue weighted by Crippen LogP contribution is 2.50. The summed E-state index contributed by atoms with van der Waals surface area (Å²) < 4.78 is 17.4. The Bertz CT molecular complexity index is 997. The van der Waals surface area contributed by atoms with E-state index >= 15 is 0 Å². The van der Waals surface area contributed by atoms with E-state index < -0.39 is 37.1 Å². The van der Waals surface area contributed by atoms with Crippen LogP contribution in [-0.4, -0.2) is 70.8 Å². The Balaban J connectivity index is 1.23. The van der Waals surface area contributed by atoms with E-state index in [0.29, 0.717) is 22.4 Å². The van der Waals surface area contributed by atoms with Crippen LogP contribution in [-0.2, 0) is 15.9 Å². The van der Waals surface area contributed by atoms with Gasteiger partial charge >= 0.3 is 0 Å². The molecule has 190 valence electrons. The van der Waals surface area contributed by atoms with Crippen molar-refractivity contribution in [1.82, 2.24) is 0 Å². The van der Waals surface area contributed by atoms with E-state index in [0.717, 1.165) is 55.8 Å². The second-order valence-corrected chi connectivity index (χ2v) is 10.6. The summed E-state index contributed by atoms with van der Waals surface area (Å²) in [5.41, 5.74) is 2.94. The minimum Gasteiger partial charge on any atom is -0.490 e. The number of aliphatic hydroxyl groups is 4. The van der Waals surface area contributed by atoms with Gasteiger partial charge in [0.2, 0.25) is 0 Å². The molecular formula is C27H33ClO7. The van der Waals surface area contributed by atoms with Crippen LogP contribution in [0.4, 0.5) is 0 Å². The third-order valence-electron chi connectivity index (χ3n) is 7.79. The molecule has 4 N–H and O–H groups in total. The van der Waals surface area contributed by atoms with Crippen molar-refractivity contribution in [3.05, 3.63) is 64.2 Å². The summed E-state index contributed by atoms with van der Waals surface area (Å²) in [6.45, 7) is 1.26. The Morgan fingerprint density at radius 3 is 2.34 bits per heavy atom. The lowest BCUT2D eigenvalue weighted by Crippen LogP contribution is -2.55. The molecular weight excluding hydrogens is 472 g/mol. The molecule has 0 bridgehead atoms. The molecule has 2 aromatic rings. The number of hydrogen-bond donors (Lipinski definition) is 4. The van der Waals surface area contributed by atoms with Crippen molar-refractivity contribution < 1.29 is 34.6 Å². The van der Waals surface area contributed by atoms with E-state index in [9.17, 15) is 20.4 Å². The zero-order valence-electron chi connectivity index (χ0n) is 19.6. The third-order valence-corrected chi connectivity index (χ3v) is 8.15. The Morgan fingerprint density at radius 2 is 1.66 bits per heavy atom. The quantitative estimate of drug-likeness (QED) is 0.479. The van der Waals surface area contributed by atoms with E-state index in [1.807, 2.05) is 30.3 Å². The minimum atomic E-state index is -1.42. The molecule has 2 aliphatic heterocycles. The van der Waals surface area contributed by atoms with Crippen molar-refractivity contribution in [2.45, 2.75) is 68.7 Å². The van der Waals surface area contributed by atoms with Gasteiger partial charge in [0.1, 0.15) is 36.3 Å². The Kier molecular flexibility index (Phi) is 7.38. The first kappa shape index (κ1) is 25.0. The predicted molar refractivity (Wildman–Crippen MR) is 130 cm³/mol. The van der Waals surface area contributed by atoms with Gasteiger partial charge in [-0.2, -0.15) is 0 Å². The van der Waals surface area contributed by atoms with Crippen molar-refractivity contribution in [3.8, 4) is 5.75 Å². The molecule has 1 saturated carbocycles. The molecule has 2 heterocycles. The van der Waals surface area contributed by atoms with E-state index in [1.165, 1.54) is 0 Å². The summed E-state index contributed by atoms with van der Waals surface area (Å²) in [5.74, 6) is 0.863. The summed E-state index contributed by atoms with van der Waals surface area (Å²) in [5, 5.41) is 40.7. The van der Waals surface area contributed by atoms with Gasteiger partial charge < -0.3 is 34.6 Å². The van der Waals surface area contributed by atoms with Crippen LogP contribution in [0.2, 0.25) is 5.02 Å². The average molecular weight is 505 g/mol. The highest BCUT2D eigenvalue weighted by Gasteiger charge is 2.46. The third kappa shape index (κ3) is 5.23. The predicted octanol–water partition coefficient (Wildman–Crippen LogP) is 2.78. The number of rotatable bonds is 6. The molecule has 1 aliphatic carbocycles. The number of benzene rings is 2. The fourth-order valence-electron chi connectivity index (χ4n) is 5.58. The fourth-order valence-corrected chi connectivity index (χ4v) is 5.77. The van der Waals surface area contributed by atoms with Gasteiger partial charge in [-0.15, -0.1) is 0 Å². The van der Waals surface area contributed by atoms with Crippen LogP contribution in [0.1, 0.15) is 48.5 Å². The maximum atomic E-state index is 10.5. The Morgan fingerprint density at radius 1 is 0.943 bits per heavy atom. The summed E-state index contributed by atoms with van der Waals surface area (Å²) in [7, 11) is 0. The van der Waals surface area contributed by atoms with Gasteiger partial charge in [-0.3, -0.25) is 0 Å². The van der Waals surface area contributed by atoms with Gasteiger partial charge in [-0.05, 0) is 72.4 Å². The van der Waals surface area contributed by atoms with Crippen molar-refractivity contribution >= 4 is 11.6 Å². The van der Waals surface area contributed by atoms with Gasteiger partial charge in [-0.1, -0.05) is 35.9 Å². The SMILES string of the molecule is OC[C@H]1O[C@H](c2ccc(Cl)c(Cc3ccc(OC4CC5(CCOCC5)C4)cc3)c2)[C@H](O)[C@@H](O)[C@@H]1O. The van der Waals surface area contributed by atoms with E-state index in [2.05, 4.69) is 0 Å². The second-order valence-electron chi connectivity index (χ2n) is 10.2. The molecule has 0 aromatic heterocycles. The lowest BCUT2D eigenvalue weighted by molar-refractivity contribution is -0.231. The van der Waals surface area contributed by atoms with Gasteiger partial charge in [0.05, 0.1) is 12.7 Å². The highest BCUT2D eigenvalue weighted by molar-refractivity contribution is 6.31. The number of aliphatic hydroxyl groups excluding tert-OH is 4. The molecule has 3 fully saturated rings. The van der Waals surface area contributed by atoms with Crippen LogP contribution in [0.15, 0.2) is 42.5 Å². The van der Waals surface area contributed by atoms with Crippen LogP contribution in [0.3, 0.4) is 0 Å². The highest BCUT2D eigenvalue weighted by atomic mass is 35.5. The number of ether oxygens (including phenoxy) is 3. The Hall–Kier alpha value is -1.71. The topological polar surface area (TPSA) is 109 Å². The minimum absolute atomic E-state index is 0.267. The monoisotopic (exact) mass is 504 g/mol. The maximum absolute atomic E-state index is 10.5. The molecule has 0 unspecified atom stereocenters. The largest absolute Gasteiger partial charge is 0.490 e. The molecule has 7 nitrogen and oxygen atoms in total. The summed E-state index contributed by atoms with van der Waals surface area (Å²) in [6, 6.07) is 13.3. The zero-order chi connectivity index (χ0) is 24.6. The molecule has 1 spiro atoms. The first-order valence-electron chi connectivity index (χ1n) is 12.3.